The summed E-state index contributed by atoms with van der Waals surface area (Å²) in [5.41, 5.74) is 0. The van der Waals surface area contributed by atoms with Gasteiger partial charge in [-0.2, -0.15) is 0 Å². The number of carbonyl (C=O) groups excluding carboxylic acids is 1. The predicted molar refractivity (Wildman–Crippen MR) is 275 cm³/mol. The van der Waals surface area contributed by atoms with Crippen LogP contribution >= 0.6 is 0 Å². The predicted octanol–water partition coefficient (Wildman–Crippen LogP) is 9.36. The largest absolute Gasteiger partial charge is 0.457 e. The van der Waals surface area contributed by atoms with Gasteiger partial charge in [-0.05, 0) is 44.9 Å². The SMILES string of the molecule is CC/C=C\C/C=C\C/C=C\CCCCCCCCCCOCC(COC1OC(COC2OC(CO)C(O)C(O)C2O)C(O)C(O)C1O)OC(=O)CCCCCCCCCCCCCCCCCCCC. The van der Waals surface area contributed by atoms with Crippen LogP contribution in [0.4, 0.5) is 0 Å². The van der Waals surface area contributed by atoms with Crippen molar-refractivity contribution in [3.05, 3.63) is 36.5 Å². The number of hydrogen-bond acceptors (Lipinski definition) is 14. The lowest BCUT2D eigenvalue weighted by atomic mass is 9.98. The third-order valence-corrected chi connectivity index (χ3v) is 13.4. The van der Waals surface area contributed by atoms with Gasteiger partial charge < -0.3 is 64.2 Å². The minimum Gasteiger partial charge on any atom is -0.457 e. The second-order valence-corrected chi connectivity index (χ2v) is 19.7. The second kappa shape index (κ2) is 43.6. The first-order valence-corrected chi connectivity index (χ1v) is 28.1. The molecule has 14 heteroatoms. The molecule has 2 aliphatic rings. The fourth-order valence-corrected chi connectivity index (χ4v) is 8.89. The van der Waals surface area contributed by atoms with E-state index in [0.29, 0.717) is 13.0 Å². The normalized spacial score (nSPS) is 25.7. The summed E-state index contributed by atoms with van der Waals surface area (Å²) >= 11 is 0. The highest BCUT2D eigenvalue weighted by Crippen LogP contribution is 2.27. The number of unbranched alkanes of at least 4 members (excludes halogenated alkanes) is 25. The first-order chi connectivity index (χ1) is 34.1. The van der Waals surface area contributed by atoms with Crippen molar-refractivity contribution in [2.75, 3.05) is 33.0 Å². The van der Waals surface area contributed by atoms with Crippen molar-refractivity contribution in [1.82, 2.24) is 0 Å². The average Bonchev–Trinajstić information content (AvgIpc) is 3.36. The van der Waals surface area contributed by atoms with Gasteiger partial charge in [0.05, 0.1) is 26.4 Å². The number of hydrogen-bond donors (Lipinski definition) is 7. The van der Waals surface area contributed by atoms with Crippen molar-refractivity contribution in [3.8, 4) is 0 Å². The van der Waals surface area contributed by atoms with Crippen molar-refractivity contribution in [2.45, 2.75) is 280 Å². The summed E-state index contributed by atoms with van der Waals surface area (Å²) < 4.78 is 34.4. The van der Waals surface area contributed by atoms with Crippen molar-refractivity contribution >= 4 is 5.97 Å². The van der Waals surface area contributed by atoms with Gasteiger partial charge in [0.15, 0.2) is 12.6 Å². The quantitative estimate of drug-likeness (QED) is 0.0172. The van der Waals surface area contributed by atoms with E-state index in [1.807, 2.05) is 0 Å². The van der Waals surface area contributed by atoms with Crippen LogP contribution in [-0.4, -0.2) is 142 Å². The smallest absolute Gasteiger partial charge is 0.306 e. The number of ether oxygens (including phenoxy) is 6. The molecule has 2 heterocycles. The van der Waals surface area contributed by atoms with E-state index in [1.165, 1.54) is 122 Å². The molecule has 0 aromatic rings. The summed E-state index contributed by atoms with van der Waals surface area (Å²) in [5, 5.41) is 72.3. The Kier molecular flexibility index (Phi) is 40.1. The zero-order valence-corrected chi connectivity index (χ0v) is 43.8. The minimum absolute atomic E-state index is 0.0591. The Morgan fingerprint density at radius 3 is 1.46 bits per heavy atom. The molecule has 2 rings (SSSR count). The zero-order valence-electron chi connectivity index (χ0n) is 43.8. The van der Waals surface area contributed by atoms with E-state index >= 15 is 0 Å². The lowest BCUT2D eigenvalue weighted by Crippen LogP contribution is -2.61. The molecule has 2 fully saturated rings. The number of rotatable bonds is 45. The monoisotopic (exact) mass is 999 g/mol. The molecule has 0 aromatic carbocycles. The number of esters is 1. The Morgan fingerprint density at radius 1 is 0.486 bits per heavy atom. The van der Waals surface area contributed by atoms with Gasteiger partial charge in [0, 0.05) is 13.0 Å². The number of aliphatic hydroxyl groups excluding tert-OH is 7. The Labute approximate surface area is 423 Å². The van der Waals surface area contributed by atoms with Crippen LogP contribution in [0.3, 0.4) is 0 Å². The van der Waals surface area contributed by atoms with Crippen molar-refractivity contribution in [1.29, 1.82) is 0 Å². The first kappa shape index (κ1) is 64.3. The summed E-state index contributed by atoms with van der Waals surface area (Å²) in [7, 11) is 0. The van der Waals surface area contributed by atoms with Gasteiger partial charge in [0.2, 0.25) is 0 Å². The average molecular weight is 999 g/mol. The van der Waals surface area contributed by atoms with Crippen LogP contribution in [0.2, 0.25) is 0 Å². The molecule has 0 radical (unpaired) electrons. The molecule has 2 saturated heterocycles. The number of carbonyl (C=O) groups is 1. The van der Waals surface area contributed by atoms with Crippen molar-refractivity contribution in [3.63, 3.8) is 0 Å². The van der Waals surface area contributed by atoms with Gasteiger partial charge in [-0.15, -0.1) is 0 Å². The third-order valence-electron chi connectivity index (χ3n) is 13.4. The van der Waals surface area contributed by atoms with E-state index in [4.69, 9.17) is 28.4 Å². The van der Waals surface area contributed by atoms with E-state index in [-0.39, 0.29) is 25.6 Å². The van der Waals surface area contributed by atoms with Gasteiger partial charge in [0.25, 0.3) is 0 Å². The van der Waals surface area contributed by atoms with Crippen LogP contribution in [0.15, 0.2) is 36.5 Å². The van der Waals surface area contributed by atoms with Crippen LogP contribution < -0.4 is 0 Å². The lowest BCUT2D eigenvalue weighted by molar-refractivity contribution is -0.332. The Hall–Kier alpha value is -1.79. The number of allylic oxidation sites excluding steroid dienone is 6. The van der Waals surface area contributed by atoms with Crippen LogP contribution in [0, 0.1) is 0 Å². The standard InChI is InChI=1S/C56H102O14/c1-3-5-7-9-11-13-15-17-19-21-23-25-27-29-31-33-35-37-39-48(58)68-45(42-65-40-38-36-34-32-30-28-26-24-22-20-18-16-14-12-10-8-6-4-2)43-66-55-54(64)52(62)50(60)47(70-55)44-67-56-53(63)51(61)49(59)46(41-57)69-56/h6,8,12,14,18,20,45-47,49-57,59-64H,3-5,7,9-11,13,15-17,19,21-44H2,1-2H3/b8-6-,14-12-,20-18-. The lowest BCUT2D eigenvalue weighted by Gasteiger charge is -2.42. The fraction of sp³-hybridized carbons (Fsp3) is 0.875. The summed E-state index contributed by atoms with van der Waals surface area (Å²) in [6.07, 6.45) is 33.4. The highest BCUT2D eigenvalue weighted by molar-refractivity contribution is 5.69. The summed E-state index contributed by atoms with van der Waals surface area (Å²) in [5.74, 6) is -0.376. The fourth-order valence-electron chi connectivity index (χ4n) is 8.89. The maximum Gasteiger partial charge on any atom is 0.306 e. The van der Waals surface area contributed by atoms with E-state index in [0.717, 1.165) is 64.2 Å². The maximum atomic E-state index is 13.1. The highest BCUT2D eigenvalue weighted by Gasteiger charge is 2.47. The molecule has 14 nitrogen and oxygen atoms in total. The molecule has 0 spiro atoms. The van der Waals surface area contributed by atoms with Crippen LogP contribution in [0.5, 0.6) is 0 Å². The van der Waals surface area contributed by atoms with E-state index in [2.05, 4.69) is 50.3 Å². The van der Waals surface area contributed by atoms with E-state index in [9.17, 15) is 40.5 Å². The molecular weight excluding hydrogens is 897 g/mol. The molecular formula is C56H102O14. The molecule has 0 saturated carbocycles. The Bertz CT molecular complexity index is 1300. The molecule has 11 atom stereocenters. The first-order valence-electron chi connectivity index (χ1n) is 28.1. The molecule has 70 heavy (non-hydrogen) atoms. The van der Waals surface area contributed by atoms with Crippen molar-refractivity contribution in [2.24, 2.45) is 0 Å². The summed E-state index contributed by atoms with van der Waals surface area (Å²) in [4.78, 5) is 13.1. The second-order valence-electron chi connectivity index (χ2n) is 19.7. The van der Waals surface area contributed by atoms with Crippen LogP contribution in [0.1, 0.15) is 213 Å². The third kappa shape index (κ3) is 30.4. The molecule has 2 aliphatic heterocycles. The summed E-state index contributed by atoms with van der Waals surface area (Å²) in [6.45, 7) is 3.59. The number of aliphatic hydroxyl groups is 7. The highest BCUT2D eigenvalue weighted by atomic mass is 16.7. The molecule has 11 unspecified atom stereocenters. The molecule has 0 amide bonds. The Morgan fingerprint density at radius 2 is 0.929 bits per heavy atom. The maximum absolute atomic E-state index is 13.1. The van der Waals surface area contributed by atoms with Gasteiger partial charge in [0.1, 0.15) is 54.9 Å². The molecule has 410 valence electrons. The molecule has 0 bridgehead atoms. The molecule has 0 aromatic heterocycles. The molecule has 7 N–H and O–H groups in total. The van der Waals surface area contributed by atoms with E-state index in [1.54, 1.807) is 0 Å². The van der Waals surface area contributed by atoms with Crippen molar-refractivity contribution < 1.29 is 69.0 Å². The Balaban J connectivity index is 1.73. The van der Waals surface area contributed by atoms with E-state index < -0.39 is 80.7 Å². The van der Waals surface area contributed by atoms with Gasteiger partial charge in [-0.25, -0.2) is 0 Å². The van der Waals surface area contributed by atoms with Crippen LogP contribution in [0.25, 0.3) is 0 Å². The zero-order chi connectivity index (χ0) is 50.9. The van der Waals surface area contributed by atoms with Gasteiger partial charge in [-0.3, -0.25) is 4.79 Å². The topological polar surface area (TPSA) is 214 Å². The minimum atomic E-state index is -1.71. The van der Waals surface area contributed by atoms with Gasteiger partial charge in [-0.1, -0.05) is 198 Å². The molecule has 0 aliphatic carbocycles. The summed E-state index contributed by atoms with van der Waals surface area (Å²) in [6, 6.07) is 0. The van der Waals surface area contributed by atoms with Crippen LogP contribution in [-0.2, 0) is 33.2 Å². The van der Waals surface area contributed by atoms with Gasteiger partial charge >= 0.3 is 5.97 Å².